The molecule has 2 fully saturated rings. The van der Waals surface area contributed by atoms with Crippen LogP contribution in [0.25, 0.3) is 0 Å². The number of halogens is 1. The summed E-state index contributed by atoms with van der Waals surface area (Å²) in [6, 6.07) is -0.192. The lowest BCUT2D eigenvalue weighted by Crippen LogP contribution is -2.59. The molecule has 1 spiro atoms. The van der Waals surface area contributed by atoms with Crippen LogP contribution in [0.5, 0.6) is 0 Å². The van der Waals surface area contributed by atoms with Crippen molar-refractivity contribution in [2.45, 2.75) is 58.4 Å². The second-order valence-corrected chi connectivity index (χ2v) is 7.40. The van der Waals surface area contributed by atoms with Gasteiger partial charge in [-0.15, -0.1) is 0 Å². The molecule has 1 N–H and O–H groups in total. The maximum atomic E-state index is 13.0. The second kappa shape index (κ2) is 6.67. The fourth-order valence-corrected chi connectivity index (χ4v) is 4.53. The van der Waals surface area contributed by atoms with Gasteiger partial charge in [-0.1, -0.05) is 49.5 Å². The molecule has 1 aliphatic carbocycles. The zero-order chi connectivity index (χ0) is 15.6. The van der Waals surface area contributed by atoms with Gasteiger partial charge >= 0.3 is 6.03 Å². The van der Waals surface area contributed by atoms with Crippen LogP contribution in [-0.2, 0) is 4.79 Å². The molecule has 0 aromatic carbocycles. The van der Waals surface area contributed by atoms with Crippen LogP contribution < -0.4 is 5.32 Å². The Morgan fingerprint density at radius 1 is 1.33 bits per heavy atom. The van der Waals surface area contributed by atoms with E-state index in [1.54, 1.807) is 0 Å². The van der Waals surface area contributed by atoms with E-state index in [1.807, 2.05) is 0 Å². The highest BCUT2D eigenvalue weighted by atomic mass is 79.9. The summed E-state index contributed by atoms with van der Waals surface area (Å²) in [6.07, 6.45) is 5.27. The molecule has 2 rings (SSSR count). The van der Waals surface area contributed by atoms with Crippen molar-refractivity contribution in [1.29, 1.82) is 0 Å². The summed E-state index contributed by atoms with van der Waals surface area (Å²) in [5, 5.41) is 3.89. The number of alkyl halides is 1. The molecule has 1 aliphatic heterocycles. The lowest BCUT2D eigenvalue weighted by Gasteiger charge is -2.42. The summed E-state index contributed by atoms with van der Waals surface area (Å²) < 4.78 is 0. The number of hydrogen-bond donors (Lipinski definition) is 1. The number of nitrogens with one attached hydrogen (secondary N) is 1. The number of rotatable bonds is 5. The predicted octanol–water partition coefficient (Wildman–Crippen LogP) is 3.54. The molecule has 0 aromatic rings. The Balaban J connectivity index is 2.19. The van der Waals surface area contributed by atoms with E-state index >= 15 is 0 Å². The number of carbonyl (C=O) groups is 2. The first-order chi connectivity index (χ1) is 9.97. The van der Waals surface area contributed by atoms with Crippen molar-refractivity contribution in [2.24, 2.45) is 17.8 Å². The van der Waals surface area contributed by atoms with Gasteiger partial charge in [0.1, 0.15) is 5.54 Å². The topological polar surface area (TPSA) is 49.4 Å². The molecule has 1 saturated heterocycles. The number of nitrogens with zero attached hydrogens (tertiary/aromatic N) is 1. The van der Waals surface area contributed by atoms with Crippen LogP contribution in [0.3, 0.4) is 0 Å². The first-order valence-corrected chi connectivity index (χ1v) is 9.29. The van der Waals surface area contributed by atoms with Gasteiger partial charge in [0, 0.05) is 11.9 Å². The summed E-state index contributed by atoms with van der Waals surface area (Å²) in [5.41, 5.74) is -0.654. The molecule has 3 atom stereocenters. The van der Waals surface area contributed by atoms with Crippen molar-refractivity contribution in [3.05, 3.63) is 0 Å². The second-order valence-electron chi connectivity index (χ2n) is 6.76. The van der Waals surface area contributed by atoms with Crippen molar-refractivity contribution in [3.63, 3.8) is 0 Å². The molecular weight excluding hydrogens is 332 g/mol. The molecule has 3 amide bonds. The van der Waals surface area contributed by atoms with E-state index in [4.69, 9.17) is 0 Å². The summed E-state index contributed by atoms with van der Waals surface area (Å²) in [4.78, 5) is 26.9. The first-order valence-electron chi connectivity index (χ1n) is 8.17. The lowest BCUT2D eigenvalue weighted by atomic mass is 9.67. The minimum atomic E-state index is -0.654. The predicted molar refractivity (Wildman–Crippen MR) is 87.3 cm³/mol. The van der Waals surface area contributed by atoms with Gasteiger partial charge < -0.3 is 5.32 Å². The summed E-state index contributed by atoms with van der Waals surface area (Å²) in [7, 11) is 0. The van der Waals surface area contributed by atoms with Crippen LogP contribution in [-0.4, -0.2) is 34.3 Å². The third-order valence-electron chi connectivity index (χ3n) is 5.34. The van der Waals surface area contributed by atoms with Gasteiger partial charge in [0.15, 0.2) is 0 Å². The van der Waals surface area contributed by atoms with Crippen LogP contribution in [0.2, 0.25) is 0 Å². The summed E-state index contributed by atoms with van der Waals surface area (Å²) in [6.45, 7) is 6.87. The van der Waals surface area contributed by atoms with Gasteiger partial charge in [-0.05, 0) is 37.0 Å². The molecule has 0 aromatic heterocycles. The van der Waals surface area contributed by atoms with Crippen molar-refractivity contribution < 1.29 is 9.59 Å². The Hall–Kier alpha value is -0.580. The molecule has 1 heterocycles. The number of hydrogen-bond acceptors (Lipinski definition) is 2. The molecule has 3 unspecified atom stereocenters. The third kappa shape index (κ3) is 2.86. The van der Waals surface area contributed by atoms with E-state index in [0.29, 0.717) is 12.5 Å². The fourth-order valence-electron chi connectivity index (χ4n) is 4.00. The van der Waals surface area contributed by atoms with Crippen molar-refractivity contribution >= 4 is 27.9 Å². The Labute approximate surface area is 136 Å². The van der Waals surface area contributed by atoms with Gasteiger partial charge in [-0.25, -0.2) is 4.79 Å². The van der Waals surface area contributed by atoms with Crippen LogP contribution in [0.15, 0.2) is 0 Å². The van der Waals surface area contributed by atoms with E-state index in [9.17, 15) is 9.59 Å². The normalized spacial score (nSPS) is 34.4. The number of carbonyl (C=O) groups excluding carboxylic acids is 2. The lowest BCUT2D eigenvalue weighted by molar-refractivity contribution is -0.136. The summed E-state index contributed by atoms with van der Waals surface area (Å²) in [5.74, 6) is 0.788. The monoisotopic (exact) mass is 358 g/mol. The molecule has 2 aliphatic rings. The Bertz CT molecular complexity index is 403. The van der Waals surface area contributed by atoms with Crippen LogP contribution in [0.4, 0.5) is 4.79 Å². The highest BCUT2D eigenvalue weighted by Crippen LogP contribution is 2.42. The molecule has 1 saturated carbocycles. The van der Waals surface area contributed by atoms with E-state index in [1.165, 1.54) is 4.90 Å². The maximum Gasteiger partial charge on any atom is 0.325 e. The zero-order valence-corrected chi connectivity index (χ0v) is 14.9. The fraction of sp³-hybridized carbons (Fsp3) is 0.875. The smallest absolute Gasteiger partial charge is 0.323 e. The quantitative estimate of drug-likeness (QED) is 0.603. The van der Waals surface area contributed by atoms with Crippen LogP contribution >= 0.6 is 15.9 Å². The third-order valence-corrected chi connectivity index (χ3v) is 6.26. The SMILES string of the molecule is CCCC(CBr)CN1C(=O)NC2(C1=O)C(C)CCCC2C. The maximum absolute atomic E-state index is 13.0. The van der Waals surface area contributed by atoms with Gasteiger partial charge in [0.2, 0.25) is 0 Å². The van der Waals surface area contributed by atoms with E-state index in [0.717, 1.165) is 37.4 Å². The average molecular weight is 359 g/mol. The van der Waals surface area contributed by atoms with E-state index < -0.39 is 5.54 Å². The highest BCUT2D eigenvalue weighted by Gasteiger charge is 2.58. The molecule has 21 heavy (non-hydrogen) atoms. The van der Waals surface area contributed by atoms with Gasteiger partial charge in [0.05, 0.1) is 0 Å². The molecule has 0 bridgehead atoms. The molecular formula is C16H27BrN2O2. The molecule has 4 nitrogen and oxygen atoms in total. The Morgan fingerprint density at radius 3 is 2.48 bits per heavy atom. The molecule has 5 heteroatoms. The van der Waals surface area contributed by atoms with E-state index in [-0.39, 0.29) is 23.8 Å². The van der Waals surface area contributed by atoms with E-state index in [2.05, 4.69) is 42.0 Å². The molecule has 120 valence electrons. The standard InChI is InChI=1S/C16H27BrN2O2/c1-4-6-13(9-17)10-19-14(20)16(18-15(19)21)11(2)7-5-8-12(16)3/h11-13H,4-10H2,1-3H3,(H,18,21). The molecule has 0 radical (unpaired) electrons. The van der Waals surface area contributed by atoms with Crippen LogP contribution in [0, 0.1) is 17.8 Å². The Morgan fingerprint density at radius 2 is 1.95 bits per heavy atom. The largest absolute Gasteiger partial charge is 0.325 e. The number of imide groups is 1. The highest BCUT2D eigenvalue weighted by molar-refractivity contribution is 9.09. The zero-order valence-electron chi connectivity index (χ0n) is 13.3. The average Bonchev–Trinajstić information content (AvgIpc) is 2.70. The summed E-state index contributed by atoms with van der Waals surface area (Å²) >= 11 is 3.51. The minimum Gasteiger partial charge on any atom is -0.323 e. The van der Waals surface area contributed by atoms with Gasteiger partial charge in [-0.3, -0.25) is 9.69 Å². The van der Waals surface area contributed by atoms with Gasteiger partial charge in [-0.2, -0.15) is 0 Å². The number of urea groups is 1. The minimum absolute atomic E-state index is 0.00857. The van der Waals surface area contributed by atoms with Crippen LogP contribution in [0.1, 0.15) is 52.9 Å². The Kier molecular flexibility index (Phi) is 5.33. The van der Waals surface area contributed by atoms with Crippen molar-refractivity contribution in [3.8, 4) is 0 Å². The van der Waals surface area contributed by atoms with Crippen molar-refractivity contribution in [2.75, 3.05) is 11.9 Å². The van der Waals surface area contributed by atoms with Crippen molar-refractivity contribution in [1.82, 2.24) is 10.2 Å². The number of amides is 3. The van der Waals surface area contributed by atoms with Gasteiger partial charge in [0.25, 0.3) is 5.91 Å². The first kappa shape index (κ1) is 16.8.